The number of fused-ring (bicyclic) bond motifs is 1. The monoisotopic (exact) mass is 380 g/mol. The van der Waals surface area contributed by atoms with Crippen molar-refractivity contribution in [3.05, 3.63) is 34.8 Å². The molecule has 3 rings (SSSR count). The Labute approximate surface area is 139 Å². The van der Waals surface area contributed by atoms with Crippen molar-refractivity contribution in [2.75, 3.05) is 11.9 Å². The predicted molar refractivity (Wildman–Crippen MR) is 83.2 cm³/mol. The highest BCUT2D eigenvalue weighted by atomic mass is 79.9. The molecule has 0 unspecified atom stereocenters. The fraction of sp³-hybridized carbons (Fsp3) is 0.286. The standard InChI is InChI=1S/C14H13BrN4O4/c1-8-12(20)17-10-4-2-3-9(11(10)23-8)13(21)22-6-5-19-7-16-14(15)18-19/h2-4,7-8H,5-6H2,1H3,(H,17,20)/t8-/m0/s1. The van der Waals surface area contributed by atoms with Crippen LogP contribution in [0.1, 0.15) is 17.3 Å². The molecule has 0 saturated heterocycles. The van der Waals surface area contributed by atoms with Gasteiger partial charge in [-0.3, -0.25) is 4.79 Å². The molecule has 0 aliphatic carbocycles. The van der Waals surface area contributed by atoms with E-state index in [9.17, 15) is 9.59 Å². The molecule has 0 bridgehead atoms. The van der Waals surface area contributed by atoms with Crippen LogP contribution in [0, 0.1) is 0 Å². The second kappa shape index (κ2) is 6.37. The van der Waals surface area contributed by atoms with Crippen molar-refractivity contribution in [1.29, 1.82) is 0 Å². The summed E-state index contributed by atoms with van der Waals surface area (Å²) in [6, 6.07) is 4.92. The number of nitrogens with zero attached hydrogens (tertiary/aromatic N) is 3. The molecule has 2 heterocycles. The first-order valence-corrected chi connectivity index (χ1v) is 7.66. The Morgan fingerprint density at radius 2 is 2.35 bits per heavy atom. The summed E-state index contributed by atoms with van der Waals surface area (Å²) in [6.45, 7) is 2.14. The molecule has 1 aromatic heterocycles. The molecule has 0 saturated carbocycles. The van der Waals surface area contributed by atoms with Gasteiger partial charge >= 0.3 is 5.97 Å². The summed E-state index contributed by atoms with van der Waals surface area (Å²) in [5.74, 6) is -0.447. The number of nitrogens with one attached hydrogen (secondary N) is 1. The molecule has 0 radical (unpaired) electrons. The van der Waals surface area contributed by atoms with Crippen LogP contribution in [0.25, 0.3) is 0 Å². The maximum absolute atomic E-state index is 12.2. The van der Waals surface area contributed by atoms with E-state index in [4.69, 9.17) is 9.47 Å². The van der Waals surface area contributed by atoms with Gasteiger partial charge in [0.25, 0.3) is 5.91 Å². The maximum atomic E-state index is 12.2. The number of carbonyl (C=O) groups is 2. The lowest BCUT2D eigenvalue weighted by Gasteiger charge is -2.24. The summed E-state index contributed by atoms with van der Waals surface area (Å²) in [5.41, 5.74) is 0.733. The van der Waals surface area contributed by atoms with E-state index in [1.807, 2.05) is 0 Å². The first-order chi connectivity index (χ1) is 11.0. The number of carbonyl (C=O) groups excluding carboxylic acids is 2. The molecule has 1 aliphatic heterocycles. The van der Waals surface area contributed by atoms with Crippen LogP contribution >= 0.6 is 15.9 Å². The zero-order valence-electron chi connectivity index (χ0n) is 12.2. The lowest BCUT2D eigenvalue weighted by molar-refractivity contribution is -0.122. The smallest absolute Gasteiger partial charge is 0.342 e. The number of anilines is 1. The number of hydrogen-bond acceptors (Lipinski definition) is 6. The van der Waals surface area contributed by atoms with Crippen molar-refractivity contribution in [2.45, 2.75) is 19.6 Å². The average molecular weight is 381 g/mol. The normalized spacial score (nSPS) is 16.3. The fourth-order valence-electron chi connectivity index (χ4n) is 2.08. The van der Waals surface area contributed by atoms with Gasteiger partial charge in [0, 0.05) is 0 Å². The maximum Gasteiger partial charge on any atom is 0.342 e. The Kier molecular flexibility index (Phi) is 4.28. The third kappa shape index (κ3) is 3.34. The van der Waals surface area contributed by atoms with E-state index < -0.39 is 12.1 Å². The van der Waals surface area contributed by atoms with Crippen molar-refractivity contribution in [2.24, 2.45) is 0 Å². The van der Waals surface area contributed by atoms with Crippen molar-refractivity contribution in [3.8, 4) is 5.75 Å². The molecule has 120 valence electrons. The molecule has 9 heteroatoms. The van der Waals surface area contributed by atoms with Gasteiger partial charge in [0.1, 0.15) is 18.5 Å². The van der Waals surface area contributed by atoms with Gasteiger partial charge in [0.05, 0.1) is 12.2 Å². The summed E-state index contributed by atoms with van der Waals surface area (Å²) in [7, 11) is 0. The Bertz CT molecular complexity index is 761. The minimum Gasteiger partial charge on any atom is -0.478 e. The second-order valence-corrected chi connectivity index (χ2v) is 5.55. The van der Waals surface area contributed by atoms with Crippen molar-refractivity contribution >= 4 is 33.5 Å². The van der Waals surface area contributed by atoms with Gasteiger partial charge in [-0.2, -0.15) is 0 Å². The van der Waals surface area contributed by atoms with Crippen LogP contribution in [0.3, 0.4) is 0 Å². The highest BCUT2D eigenvalue weighted by molar-refractivity contribution is 9.10. The van der Waals surface area contributed by atoms with Gasteiger partial charge in [0.15, 0.2) is 11.9 Å². The molecule has 1 N–H and O–H groups in total. The van der Waals surface area contributed by atoms with Gasteiger partial charge in [-0.15, -0.1) is 5.10 Å². The van der Waals surface area contributed by atoms with Crippen LogP contribution in [-0.2, 0) is 16.1 Å². The lowest BCUT2D eigenvalue weighted by Crippen LogP contribution is -2.35. The molecule has 1 aliphatic rings. The number of esters is 1. The highest BCUT2D eigenvalue weighted by Crippen LogP contribution is 2.33. The Morgan fingerprint density at radius 1 is 1.52 bits per heavy atom. The summed E-state index contributed by atoms with van der Waals surface area (Å²) in [5, 5.41) is 6.72. The third-order valence-electron chi connectivity index (χ3n) is 3.22. The minimum atomic E-state index is -0.663. The van der Waals surface area contributed by atoms with E-state index in [1.54, 1.807) is 29.8 Å². The topological polar surface area (TPSA) is 95.3 Å². The summed E-state index contributed by atoms with van der Waals surface area (Å²) < 4.78 is 12.8. The fourth-order valence-corrected chi connectivity index (χ4v) is 2.37. The zero-order valence-corrected chi connectivity index (χ0v) is 13.7. The van der Waals surface area contributed by atoms with Crippen molar-refractivity contribution < 1.29 is 19.1 Å². The predicted octanol–water partition coefficient (Wildman–Crippen LogP) is 1.62. The van der Waals surface area contributed by atoms with Gasteiger partial charge in [-0.1, -0.05) is 6.07 Å². The molecule has 8 nitrogen and oxygen atoms in total. The quantitative estimate of drug-likeness (QED) is 0.809. The van der Waals surface area contributed by atoms with Crippen LogP contribution in [0.2, 0.25) is 0 Å². The molecular formula is C14H13BrN4O4. The van der Waals surface area contributed by atoms with E-state index in [0.29, 0.717) is 22.7 Å². The summed E-state index contributed by atoms with van der Waals surface area (Å²) >= 11 is 3.14. The molecular weight excluding hydrogens is 368 g/mol. The molecule has 1 aromatic carbocycles. The number of benzene rings is 1. The Balaban J connectivity index is 1.68. The van der Waals surface area contributed by atoms with Crippen LogP contribution in [0.15, 0.2) is 29.3 Å². The van der Waals surface area contributed by atoms with Crippen LogP contribution in [0.5, 0.6) is 5.75 Å². The second-order valence-electron chi connectivity index (χ2n) is 4.84. The summed E-state index contributed by atoms with van der Waals surface area (Å²) in [4.78, 5) is 27.7. The molecule has 0 spiro atoms. The first-order valence-electron chi connectivity index (χ1n) is 6.87. The van der Waals surface area contributed by atoms with Gasteiger partial charge < -0.3 is 14.8 Å². The number of ether oxygens (including phenoxy) is 2. The lowest BCUT2D eigenvalue weighted by atomic mass is 10.1. The van der Waals surface area contributed by atoms with Gasteiger partial charge in [-0.05, 0) is 35.0 Å². The number of hydrogen-bond donors (Lipinski definition) is 1. The largest absolute Gasteiger partial charge is 0.478 e. The van der Waals surface area contributed by atoms with E-state index >= 15 is 0 Å². The molecule has 23 heavy (non-hydrogen) atoms. The van der Waals surface area contributed by atoms with Crippen LogP contribution < -0.4 is 10.1 Å². The van der Waals surface area contributed by atoms with Crippen LogP contribution in [-0.4, -0.2) is 39.4 Å². The van der Waals surface area contributed by atoms with E-state index in [2.05, 4.69) is 31.3 Å². The SMILES string of the molecule is C[C@@H]1Oc2c(cccc2C(=O)OCCn2cnc(Br)n2)NC1=O. The first kappa shape index (κ1) is 15.5. The van der Waals surface area contributed by atoms with Gasteiger partial charge in [-0.25, -0.2) is 14.5 Å². The Hall–Kier alpha value is -2.42. The molecule has 2 aromatic rings. The third-order valence-corrected chi connectivity index (χ3v) is 3.58. The average Bonchev–Trinajstić information content (AvgIpc) is 2.93. The number of halogens is 1. The number of para-hydroxylation sites is 1. The van der Waals surface area contributed by atoms with Crippen molar-refractivity contribution in [1.82, 2.24) is 14.8 Å². The zero-order chi connectivity index (χ0) is 16.4. The Morgan fingerprint density at radius 3 is 3.09 bits per heavy atom. The summed E-state index contributed by atoms with van der Waals surface area (Å²) in [6.07, 6.45) is 0.867. The molecule has 0 fully saturated rings. The molecule has 1 atom stereocenters. The number of rotatable bonds is 4. The van der Waals surface area contributed by atoms with Gasteiger partial charge in [0.2, 0.25) is 4.73 Å². The van der Waals surface area contributed by atoms with E-state index in [1.165, 1.54) is 6.33 Å². The van der Waals surface area contributed by atoms with Crippen LogP contribution in [0.4, 0.5) is 5.69 Å². The van der Waals surface area contributed by atoms with E-state index in [0.717, 1.165) is 0 Å². The van der Waals surface area contributed by atoms with Crippen molar-refractivity contribution in [3.63, 3.8) is 0 Å². The number of amides is 1. The number of aromatic nitrogens is 3. The highest BCUT2D eigenvalue weighted by Gasteiger charge is 2.28. The van der Waals surface area contributed by atoms with E-state index in [-0.39, 0.29) is 18.1 Å². The molecule has 1 amide bonds. The minimum absolute atomic E-state index is 0.139.